The number of nitrogens with two attached hydrogens (primary N) is 1. The van der Waals surface area contributed by atoms with E-state index in [1.807, 2.05) is 32.3 Å². The maximum atomic E-state index is 11.4. The Labute approximate surface area is 114 Å². The lowest BCUT2D eigenvalue weighted by Gasteiger charge is -2.28. The first kappa shape index (κ1) is 14.5. The van der Waals surface area contributed by atoms with Gasteiger partial charge in [-0.05, 0) is 41.0 Å². The van der Waals surface area contributed by atoms with Crippen LogP contribution >= 0.6 is 0 Å². The number of hydrogen-bond donors (Lipinski definition) is 1. The molecule has 0 amide bonds. The zero-order chi connectivity index (χ0) is 14.6. The van der Waals surface area contributed by atoms with E-state index < -0.39 is 10.0 Å². The molecule has 1 aliphatic heterocycles. The topological polar surface area (TPSA) is 87.2 Å². The van der Waals surface area contributed by atoms with Gasteiger partial charge in [0, 0.05) is 6.20 Å². The molecule has 1 unspecified atom stereocenters. The van der Waals surface area contributed by atoms with Crippen molar-refractivity contribution < 1.29 is 13.2 Å². The Morgan fingerprint density at radius 2 is 2.00 bits per heavy atom. The van der Waals surface area contributed by atoms with E-state index in [2.05, 4.69) is 4.98 Å². The minimum Gasteiger partial charge on any atom is -0.367 e. The number of rotatable bonds is 2. The summed E-state index contributed by atoms with van der Waals surface area (Å²) in [6, 6.07) is 0.0329. The molecule has 0 aliphatic carbocycles. The second-order valence-electron chi connectivity index (χ2n) is 6.26. The number of hydrogen-bond acceptors (Lipinski definition) is 4. The highest BCUT2D eigenvalue weighted by Crippen LogP contribution is 2.45. The van der Waals surface area contributed by atoms with Crippen molar-refractivity contribution in [1.82, 2.24) is 9.55 Å². The van der Waals surface area contributed by atoms with Gasteiger partial charge < -0.3 is 9.30 Å². The molecule has 108 valence electrons. The first-order chi connectivity index (χ1) is 8.42. The van der Waals surface area contributed by atoms with Gasteiger partial charge in [0.15, 0.2) is 5.03 Å². The van der Waals surface area contributed by atoms with Crippen LogP contribution in [0.1, 0.15) is 46.0 Å². The number of nitrogens with zero attached hydrogens (tertiary/aromatic N) is 2. The van der Waals surface area contributed by atoms with Crippen molar-refractivity contribution in [2.24, 2.45) is 5.14 Å². The molecule has 6 nitrogen and oxygen atoms in total. The Hall–Kier alpha value is -0.920. The number of sulfonamides is 1. The molecule has 2 N–H and O–H groups in total. The Kier molecular flexibility index (Phi) is 3.08. The molecule has 1 aromatic heterocycles. The van der Waals surface area contributed by atoms with Gasteiger partial charge >= 0.3 is 0 Å². The maximum Gasteiger partial charge on any atom is 0.257 e. The fraction of sp³-hybridized carbons (Fsp3) is 0.750. The molecule has 19 heavy (non-hydrogen) atoms. The first-order valence-corrected chi connectivity index (χ1v) is 7.75. The highest BCUT2D eigenvalue weighted by molar-refractivity contribution is 7.89. The minimum atomic E-state index is -3.77. The van der Waals surface area contributed by atoms with E-state index in [-0.39, 0.29) is 22.3 Å². The summed E-state index contributed by atoms with van der Waals surface area (Å²) in [7, 11) is -3.77. The van der Waals surface area contributed by atoms with Crippen LogP contribution in [0.2, 0.25) is 0 Å². The second-order valence-corrected chi connectivity index (χ2v) is 7.77. The highest BCUT2D eigenvalue weighted by atomic mass is 32.2. The fourth-order valence-corrected chi connectivity index (χ4v) is 3.40. The minimum absolute atomic E-state index is 0.0329. The molecule has 1 aromatic rings. The summed E-state index contributed by atoms with van der Waals surface area (Å²) in [5.74, 6) is 0.628. The summed E-state index contributed by atoms with van der Waals surface area (Å²) in [5, 5.41) is 5.03. The molecule has 0 saturated carbocycles. The largest absolute Gasteiger partial charge is 0.367 e. The van der Waals surface area contributed by atoms with Gasteiger partial charge in [-0.1, -0.05) is 0 Å². The Morgan fingerprint density at radius 3 is 2.37 bits per heavy atom. The van der Waals surface area contributed by atoms with E-state index in [1.54, 1.807) is 6.92 Å². The summed E-state index contributed by atoms with van der Waals surface area (Å²) < 4.78 is 30.6. The Bertz CT molecular complexity index is 602. The first-order valence-electron chi connectivity index (χ1n) is 6.21. The molecule has 7 heteroatoms. The number of aryl methyl sites for hydroxylation is 1. The van der Waals surface area contributed by atoms with E-state index in [0.29, 0.717) is 5.82 Å². The number of primary sulfonamides is 1. The quantitative estimate of drug-likeness (QED) is 0.889. The summed E-state index contributed by atoms with van der Waals surface area (Å²) >= 11 is 0. The van der Waals surface area contributed by atoms with Gasteiger partial charge in [-0.25, -0.2) is 18.5 Å². The summed E-state index contributed by atoms with van der Waals surface area (Å²) in [4.78, 5) is 4.03. The zero-order valence-electron chi connectivity index (χ0n) is 12.0. The van der Waals surface area contributed by atoms with E-state index in [1.165, 1.54) is 6.20 Å². The average molecular weight is 287 g/mol. The van der Waals surface area contributed by atoms with Crippen LogP contribution in [-0.2, 0) is 14.8 Å². The van der Waals surface area contributed by atoms with Crippen molar-refractivity contribution in [3.63, 3.8) is 0 Å². The number of aromatic nitrogens is 2. The van der Waals surface area contributed by atoms with Crippen LogP contribution in [0.5, 0.6) is 0 Å². The summed E-state index contributed by atoms with van der Waals surface area (Å²) in [5.41, 5.74) is -0.628. The molecule has 1 atom stereocenters. The van der Waals surface area contributed by atoms with Gasteiger partial charge in [0.1, 0.15) is 5.82 Å². The molecule has 2 rings (SSSR count). The molecule has 0 radical (unpaired) electrons. The van der Waals surface area contributed by atoms with Crippen molar-refractivity contribution in [3.05, 3.63) is 12.0 Å². The third-order valence-electron chi connectivity index (χ3n) is 3.55. The molecule has 0 bridgehead atoms. The predicted octanol–water partition coefficient (Wildman–Crippen LogP) is 1.36. The number of ether oxygens (including phenoxy) is 1. The fourth-order valence-electron chi connectivity index (χ4n) is 2.88. The predicted molar refractivity (Wildman–Crippen MR) is 71.2 cm³/mol. The van der Waals surface area contributed by atoms with Crippen LogP contribution in [0.15, 0.2) is 11.2 Å². The van der Waals surface area contributed by atoms with Crippen LogP contribution in [0, 0.1) is 6.92 Å². The average Bonchev–Trinajstić information content (AvgIpc) is 2.62. The molecule has 1 saturated heterocycles. The van der Waals surface area contributed by atoms with Crippen LogP contribution < -0.4 is 5.14 Å². The van der Waals surface area contributed by atoms with Crippen LogP contribution in [0.25, 0.3) is 0 Å². The molecule has 1 aliphatic rings. The molecule has 2 heterocycles. The lowest BCUT2D eigenvalue weighted by atomic mass is 9.94. The van der Waals surface area contributed by atoms with Gasteiger partial charge in [0.2, 0.25) is 0 Å². The van der Waals surface area contributed by atoms with Gasteiger partial charge in [-0.2, -0.15) is 0 Å². The summed E-state index contributed by atoms with van der Waals surface area (Å²) in [6.07, 6.45) is 2.29. The Balaban J connectivity index is 2.46. The second kappa shape index (κ2) is 4.04. The van der Waals surface area contributed by atoms with Gasteiger partial charge in [0.05, 0.1) is 17.2 Å². The molecule has 0 aromatic carbocycles. The van der Waals surface area contributed by atoms with Crippen molar-refractivity contribution in [3.8, 4) is 0 Å². The number of imidazole rings is 1. The van der Waals surface area contributed by atoms with Crippen LogP contribution in [0.3, 0.4) is 0 Å². The Morgan fingerprint density at radius 1 is 1.42 bits per heavy atom. The zero-order valence-corrected chi connectivity index (χ0v) is 12.8. The third kappa shape index (κ3) is 2.68. The third-order valence-corrected chi connectivity index (χ3v) is 4.33. The lowest BCUT2D eigenvalue weighted by molar-refractivity contribution is -0.0730. The SMILES string of the molecule is Cc1nc(S(N)(=O)=O)cn1C1CC(C)(C)OC1(C)C. The summed E-state index contributed by atoms with van der Waals surface area (Å²) in [6.45, 7) is 9.84. The van der Waals surface area contributed by atoms with Crippen LogP contribution in [-0.4, -0.2) is 29.2 Å². The maximum absolute atomic E-state index is 11.4. The molecular formula is C12H21N3O3S. The van der Waals surface area contributed by atoms with Crippen LogP contribution in [0.4, 0.5) is 0 Å². The standard InChI is InChI=1S/C12H21N3O3S/c1-8-14-10(19(13,16)17)7-15(8)9-6-11(2,3)18-12(9,4)5/h7,9H,6H2,1-5H3,(H2,13,16,17). The van der Waals surface area contributed by atoms with Gasteiger partial charge in [0.25, 0.3) is 10.0 Å². The molecule has 0 spiro atoms. The van der Waals surface area contributed by atoms with Crippen molar-refractivity contribution >= 4 is 10.0 Å². The van der Waals surface area contributed by atoms with Crippen molar-refractivity contribution in [1.29, 1.82) is 0 Å². The smallest absolute Gasteiger partial charge is 0.257 e. The van der Waals surface area contributed by atoms with Gasteiger partial charge in [-0.15, -0.1) is 0 Å². The van der Waals surface area contributed by atoms with E-state index in [4.69, 9.17) is 9.88 Å². The van der Waals surface area contributed by atoms with E-state index >= 15 is 0 Å². The van der Waals surface area contributed by atoms with E-state index in [0.717, 1.165) is 6.42 Å². The monoisotopic (exact) mass is 287 g/mol. The van der Waals surface area contributed by atoms with Gasteiger partial charge in [-0.3, -0.25) is 0 Å². The normalized spacial score (nSPS) is 25.7. The van der Waals surface area contributed by atoms with Crippen molar-refractivity contribution in [2.45, 2.75) is 63.3 Å². The van der Waals surface area contributed by atoms with E-state index in [9.17, 15) is 8.42 Å². The molecule has 1 fully saturated rings. The highest BCUT2D eigenvalue weighted by Gasteiger charge is 2.47. The van der Waals surface area contributed by atoms with Crippen molar-refractivity contribution in [2.75, 3.05) is 0 Å². The lowest BCUT2D eigenvalue weighted by Crippen LogP contribution is -2.31. The molecular weight excluding hydrogens is 266 g/mol.